The maximum atomic E-state index is 10.8. The van der Waals surface area contributed by atoms with Gasteiger partial charge in [-0.05, 0) is 13.3 Å². The molecular weight excluding hydrogens is 620 g/mol. The lowest BCUT2D eigenvalue weighted by Gasteiger charge is -2.09. The molecular formula is C33H70O14. The Kier molecular flexibility index (Phi) is 53.3. The molecule has 0 atom stereocenters. The molecule has 0 radical (unpaired) electrons. The van der Waals surface area contributed by atoms with E-state index < -0.39 is 0 Å². The fraction of sp³-hybridized carbons (Fsp3) is 0.970. The van der Waals surface area contributed by atoms with Crippen LogP contribution in [0.15, 0.2) is 0 Å². The van der Waals surface area contributed by atoms with E-state index in [2.05, 4.69) is 11.7 Å². The first-order valence-corrected chi connectivity index (χ1v) is 16.5. The number of carbonyl (C=O) groups is 1. The van der Waals surface area contributed by atoms with Crippen molar-refractivity contribution < 1.29 is 66.4 Å². The number of carbonyl (C=O) groups excluding carboxylic acids is 1. The van der Waals surface area contributed by atoms with Gasteiger partial charge >= 0.3 is 0 Å². The first-order valence-electron chi connectivity index (χ1n) is 16.5. The number of methoxy groups -OCH3 is 1. The molecule has 14 heteroatoms. The first kappa shape index (κ1) is 50.5. The normalized spacial score (nSPS) is 10.9. The third-order valence-electron chi connectivity index (χ3n) is 5.33. The average molecular weight is 691 g/mol. The van der Waals surface area contributed by atoms with E-state index in [9.17, 15) is 4.79 Å². The fourth-order valence-corrected chi connectivity index (χ4v) is 2.98. The lowest BCUT2D eigenvalue weighted by Crippen LogP contribution is -2.15. The molecule has 0 heterocycles. The zero-order chi connectivity index (χ0) is 33.9. The summed E-state index contributed by atoms with van der Waals surface area (Å²) in [4.78, 5) is 10.8. The number of rotatable bonds is 39. The van der Waals surface area contributed by atoms with Gasteiger partial charge in [0.25, 0.3) is 0 Å². The van der Waals surface area contributed by atoms with Gasteiger partial charge in [0.1, 0.15) is 5.78 Å². The van der Waals surface area contributed by atoms with Gasteiger partial charge in [-0.3, -0.25) is 4.79 Å². The Morgan fingerprint density at radius 1 is 0.362 bits per heavy atom. The second-order valence-electron chi connectivity index (χ2n) is 9.56. The van der Waals surface area contributed by atoms with Crippen molar-refractivity contribution in [3.05, 3.63) is 0 Å². The predicted octanol–water partition coefficient (Wildman–Crippen LogP) is 2.86. The van der Waals surface area contributed by atoms with Crippen LogP contribution >= 0.6 is 0 Å². The standard InChI is InChI=1S/C30H60O13.C2H6O.CH4/c1-3-4-6-32-8-10-34-12-14-36-16-18-38-20-22-40-24-26-42-28-29-43-27-25-41-23-21-39-19-17-37-15-13-35-11-9-33-7-5-30(2)31;1-3-2;/h3-29H2,1-2H3;1-2H3;1H4. The summed E-state index contributed by atoms with van der Waals surface area (Å²) in [7, 11) is 3.25. The van der Waals surface area contributed by atoms with Crippen LogP contribution in [0.5, 0.6) is 0 Å². The van der Waals surface area contributed by atoms with Crippen LogP contribution in [0.2, 0.25) is 0 Å². The number of ketones is 1. The minimum atomic E-state index is 0. The Hall–Kier alpha value is -0.850. The molecule has 0 aliphatic carbocycles. The molecule has 0 aromatic heterocycles. The molecule has 0 spiro atoms. The number of unbranched alkanes of at least 4 members (excludes halogenated alkanes) is 1. The molecule has 0 aromatic carbocycles. The quantitative estimate of drug-likeness (QED) is 0.0875. The lowest BCUT2D eigenvalue weighted by molar-refractivity contribution is -0.118. The summed E-state index contributed by atoms with van der Waals surface area (Å²) in [5.41, 5.74) is 0. The highest BCUT2D eigenvalue weighted by molar-refractivity contribution is 5.75. The number of hydrogen-bond acceptors (Lipinski definition) is 14. The molecule has 0 aliphatic heterocycles. The summed E-state index contributed by atoms with van der Waals surface area (Å²) < 4.78 is 69.4. The van der Waals surface area contributed by atoms with Gasteiger partial charge in [-0.25, -0.2) is 0 Å². The Bertz CT molecular complexity index is 545. The Balaban J connectivity index is -0.00000464. The number of ether oxygens (including phenoxy) is 13. The molecule has 0 aromatic rings. The molecule has 0 saturated carbocycles. The van der Waals surface area contributed by atoms with E-state index in [-0.39, 0.29) is 13.2 Å². The van der Waals surface area contributed by atoms with E-state index in [0.717, 1.165) is 19.4 Å². The van der Waals surface area contributed by atoms with Crippen molar-refractivity contribution in [2.45, 2.75) is 40.5 Å². The topological polar surface area (TPSA) is 137 Å². The van der Waals surface area contributed by atoms with Gasteiger partial charge in [0.15, 0.2) is 0 Å². The van der Waals surface area contributed by atoms with E-state index in [1.807, 2.05) is 0 Å². The smallest absolute Gasteiger partial charge is 0.132 e. The second-order valence-corrected chi connectivity index (χ2v) is 9.56. The van der Waals surface area contributed by atoms with Crippen molar-refractivity contribution in [1.82, 2.24) is 0 Å². The second kappa shape index (κ2) is 49.5. The van der Waals surface area contributed by atoms with Crippen molar-refractivity contribution in [2.75, 3.05) is 173 Å². The minimum absolute atomic E-state index is 0. The third kappa shape index (κ3) is 54.8. The van der Waals surface area contributed by atoms with Crippen LogP contribution in [0.4, 0.5) is 0 Å². The van der Waals surface area contributed by atoms with Gasteiger partial charge in [0.05, 0.1) is 152 Å². The van der Waals surface area contributed by atoms with Crippen molar-refractivity contribution >= 4 is 5.78 Å². The summed E-state index contributed by atoms with van der Waals surface area (Å²) in [5, 5.41) is 0. The summed E-state index contributed by atoms with van der Waals surface area (Å²) in [5.74, 6) is 0.127. The number of hydrogen-bond donors (Lipinski definition) is 0. The van der Waals surface area contributed by atoms with Gasteiger partial charge < -0.3 is 61.6 Å². The summed E-state index contributed by atoms with van der Waals surface area (Å²) in [6.45, 7) is 16.4. The molecule has 0 bridgehead atoms. The van der Waals surface area contributed by atoms with Crippen LogP contribution in [0.1, 0.15) is 40.5 Å². The van der Waals surface area contributed by atoms with Crippen LogP contribution in [0.25, 0.3) is 0 Å². The molecule has 286 valence electrons. The predicted molar refractivity (Wildman–Crippen MR) is 180 cm³/mol. The molecule has 0 saturated heterocycles. The molecule has 0 N–H and O–H groups in total. The van der Waals surface area contributed by atoms with Gasteiger partial charge in [0, 0.05) is 27.2 Å². The molecule has 0 fully saturated rings. The van der Waals surface area contributed by atoms with E-state index in [4.69, 9.17) is 56.8 Å². The highest BCUT2D eigenvalue weighted by Crippen LogP contribution is 1.90. The van der Waals surface area contributed by atoms with Crippen molar-refractivity contribution in [3.63, 3.8) is 0 Å². The molecule has 0 amide bonds. The highest BCUT2D eigenvalue weighted by atomic mass is 16.6. The third-order valence-corrected chi connectivity index (χ3v) is 5.33. The van der Waals surface area contributed by atoms with Gasteiger partial charge in [-0.15, -0.1) is 0 Å². The van der Waals surface area contributed by atoms with Gasteiger partial charge in [-0.2, -0.15) is 0 Å². The Morgan fingerprint density at radius 2 is 0.532 bits per heavy atom. The SMILES string of the molecule is C.CCCCOCCOCCOCCOCCOCCOCCOCCOCCOCCOCCOCCOCCC(C)=O.COC. The van der Waals surface area contributed by atoms with E-state index in [0.29, 0.717) is 158 Å². The maximum Gasteiger partial charge on any atom is 0.132 e. The maximum absolute atomic E-state index is 10.8. The number of Topliss-reactive ketones (excluding diaryl/α,β-unsaturated/α-hetero) is 1. The molecule has 0 unspecified atom stereocenters. The minimum Gasteiger partial charge on any atom is -0.388 e. The summed E-state index contributed by atoms with van der Waals surface area (Å²) in [6.07, 6.45) is 2.68. The van der Waals surface area contributed by atoms with Crippen LogP contribution in [0.3, 0.4) is 0 Å². The van der Waals surface area contributed by atoms with E-state index >= 15 is 0 Å². The van der Waals surface area contributed by atoms with Gasteiger partial charge in [0.2, 0.25) is 0 Å². The zero-order valence-electron chi connectivity index (χ0n) is 29.3. The van der Waals surface area contributed by atoms with Crippen molar-refractivity contribution in [2.24, 2.45) is 0 Å². The molecule has 0 rings (SSSR count). The van der Waals surface area contributed by atoms with Crippen LogP contribution in [-0.4, -0.2) is 179 Å². The van der Waals surface area contributed by atoms with Crippen LogP contribution in [0, 0.1) is 0 Å². The van der Waals surface area contributed by atoms with E-state index in [1.54, 1.807) is 21.1 Å². The summed E-state index contributed by atoms with van der Waals surface area (Å²) >= 11 is 0. The van der Waals surface area contributed by atoms with Crippen LogP contribution in [-0.2, 0) is 66.4 Å². The Labute approximate surface area is 285 Å². The first-order chi connectivity index (χ1) is 22.7. The van der Waals surface area contributed by atoms with Crippen molar-refractivity contribution in [1.29, 1.82) is 0 Å². The fourth-order valence-electron chi connectivity index (χ4n) is 2.98. The van der Waals surface area contributed by atoms with Crippen LogP contribution < -0.4 is 0 Å². The largest absolute Gasteiger partial charge is 0.388 e. The zero-order valence-corrected chi connectivity index (χ0v) is 29.3. The lowest BCUT2D eigenvalue weighted by atomic mass is 10.3. The monoisotopic (exact) mass is 690 g/mol. The molecule has 0 aliphatic rings. The Morgan fingerprint density at radius 3 is 0.702 bits per heavy atom. The summed E-state index contributed by atoms with van der Waals surface area (Å²) in [6, 6.07) is 0. The molecule has 14 nitrogen and oxygen atoms in total. The van der Waals surface area contributed by atoms with Gasteiger partial charge in [-0.1, -0.05) is 20.8 Å². The molecule has 47 heavy (non-hydrogen) atoms. The average Bonchev–Trinajstić information content (AvgIpc) is 3.04. The highest BCUT2D eigenvalue weighted by Gasteiger charge is 1.97. The van der Waals surface area contributed by atoms with E-state index in [1.165, 1.54) is 0 Å². The van der Waals surface area contributed by atoms with Crippen molar-refractivity contribution in [3.8, 4) is 0 Å².